The molecule has 0 amide bonds. The predicted molar refractivity (Wildman–Crippen MR) is 204 cm³/mol. The van der Waals surface area contributed by atoms with Gasteiger partial charge in [0.2, 0.25) is 0 Å². The minimum atomic E-state index is -0.0416. The molecule has 6 nitrogen and oxygen atoms in total. The molecule has 50 heavy (non-hydrogen) atoms. The third-order valence-corrected chi connectivity index (χ3v) is 10.5. The molecule has 0 N–H and O–H groups in total. The molecule has 0 saturated heterocycles. The van der Waals surface area contributed by atoms with Crippen LogP contribution in [0, 0.1) is 0 Å². The third-order valence-electron chi connectivity index (χ3n) is 9.20. The molecule has 0 radical (unpaired) electrons. The quantitative estimate of drug-likeness (QED) is 0.177. The lowest BCUT2D eigenvalue weighted by molar-refractivity contribution is 0.392. The average molecular weight is 663 g/mol. The SMILES string of the molecule is CN1C=CC=CC1c1c(-c2ccccn2)c(-c2ccccn2)cc2c1sc1c(-c3ccccn3)c(-c3ccccn3)c(-c3ccccn3)cc12. The van der Waals surface area contributed by atoms with Crippen LogP contribution >= 0.6 is 11.3 Å². The molecule has 2 aromatic carbocycles. The Morgan fingerprint density at radius 2 is 0.960 bits per heavy atom. The highest BCUT2D eigenvalue weighted by atomic mass is 32.1. The van der Waals surface area contributed by atoms with E-state index in [0.717, 1.165) is 71.8 Å². The van der Waals surface area contributed by atoms with Crippen LogP contribution in [0.1, 0.15) is 11.6 Å². The lowest BCUT2D eigenvalue weighted by Crippen LogP contribution is -2.20. The zero-order valence-electron chi connectivity index (χ0n) is 27.2. The first kappa shape index (κ1) is 29.8. The van der Waals surface area contributed by atoms with E-state index in [4.69, 9.17) is 24.9 Å². The summed E-state index contributed by atoms with van der Waals surface area (Å²) in [6.07, 6.45) is 17.9. The zero-order chi connectivity index (χ0) is 33.4. The Bertz CT molecular complexity index is 2530. The van der Waals surface area contributed by atoms with Crippen LogP contribution in [0.4, 0.5) is 0 Å². The number of rotatable bonds is 6. The summed E-state index contributed by atoms with van der Waals surface area (Å²) in [7, 11) is 2.14. The van der Waals surface area contributed by atoms with Gasteiger partial charge < -0.3 is 4.90 Å². The zero-order valence-corrected chi connectivity index (χ0v) is 28.0. The summed E-state index contributed by atoms with van der Waals surface area (Å²) in [4.78, 5) is 26.8. The Morgan fingerprint density at radius 1 is 0.500 bits per heavy atom. The van der Waals surface area contributed by atoms with Gasteiger partial charge in [-0.3, -0.25) is 24.9 Å². The largest absolute Gasteiger partial charge is 0.370 e. The average Bonchev–Trinajstić information content (AvgIpc) is 3.56. The van der Waals surface area contributed by atoms with Crippen molar-refractivity contribution < 1.29 is 0 Å². The number of aromatic nitrogens is 5. The molecular formula is C43H30N6S. The van der Waals surface area contributed by atoms with Gasteiger partial charge in [-0.05, 0) is 85.1 Å². The topological polar surface area (TPSA) is 67.7 Å². The lowest BCUT2D eigenvalue weighted by Gasteiger charge is -2.30. The number of allylic oxidation sites excluding steroid dienone is 2. The molecule has 0 saturated carbocycles. The van der Waals surface area contributed by atoms with Gasteiger partial charge in [0.05, 0.1) is 34.5 Å². The number of fused-ring (bicyclic) bond motifs is 3. The second-order valence-electron chi connectivity index (χ2n) is 12.2. The molecule has 7 heterocycles. The Kier molecular flexibility index (Phi) is 7.52. The molecule has 238 valence electrons. The molecule has 0 bridgehead atoms. The summed E-state index contributed by atoms with van der Waals surface area (Å²) in [6, 6.07) is 35.0. The Hall–Kier alpha value is -6.31. The van der Waals surface area contributed by atoms with Gasteiger partial charge in [-0.2, -0.15) is 0 Å². The number of hydrogen-bond acceptors (Lipinski definition) is 7. The van der Waals surface area contributed by atoms with Gasteiger partial charge in [0, 0.05) is 91.6 Å². The van der Waals surface area contributed by atoms with Crippen molar-refractivity contribution in [3.63, 3.8) is 0 Å². The van der Waals surface area contributed by atoms with Gasteiger partial charge in [-0.25, -0.2) is 0 Å². The maximum absolute atomic E-state index is 4.95. The van der Waals surface area contributed by atoms with E-state index in [1.54, 1.807) is 0 Å². The minimum Gasteiger partial charge on any atom is -0.370 e. The summed E-state index contributed by atoms with van der Waals surface area (Å²) >= 11 is 1.81. The van der Waals surface area contributed by atoms with E-state index in [-0.39, 0.29) is 6.04 Å². The number of thiophene rings is 1. The molecule has 0 spiro atoms. The predicted octanol–water partition coefficient (Wildman–Crippen LogP) is 10.4. The number of benzene rings is 2. The first-order chi connectivity index (χ1) is 24.8. The van der Waals surface area contributed by atoms with Gasteiger partial charge in [0.1, 0.15) is 0 Å². The van der Waals surface area contributed by atoms with Crippen LogP contribution in [-0.4, -0.2) is 36.9 Å². The first-order valence-electron chi connectivity index (χ1n) is 16.5. The van der Waals surface area contributed by atoms with Crippen molar-refractivity contribution in [2.45, 2.75) is 6.04 Å². The number of pyridine rings is 5. The van der Waals surface area contributed by atoms with Crippen LogP contribution in [0.25, 0.3) is 76.5 Å². The molecule has 6 aromatic heterocycles. The lowest BCUT2D eigenvalue weighted by atomic mass is 9.87. The van der Waals surface area contributed by atoms with E-state index in [2.05, 4.69) is 91.0 Å². The van der Waals surface area contributed by atoms with Crippen LogP contribution in [0.5, 0.6) is 0 Å². The molecule has 1 unspecified atom stereocenters. The molecular weight excluding hydrogens is 633 g/mol. The molecule has 0 fully saturated rings. The van der Waals surface area contributed by atoms with Crippen molar-refractivity contribution >= 4 is 31.5 Å². The highest BCUT2D eigenvalue weighted by molar-refractivity contribution is 7.26. The fourth-order valence-corrected chi connectivity index (χ4v) is 8.40. The van der Waals surface area contributed by atoms with Crippen molar-refractivity contribution in [3.05, 3.63) is 164 Å². The first-order valence-corrected chi connectivity index (χ1v) is 17.3. The maximum atomic E-state index is 4.95. The Balaban J connectivity index is 1.51. The van der Waals surface area contributed by atoms with E-state index >= 15 is 0 Å². The van der Waals surface area contributed by atoms with Crippen LogP contribution < -0.4 is 0 Å². The Labute approximate surface area is 293 Å². The van der Waals surface area contributed by atoms with Crippen LogP contribution in [0.2, 0.25) is 0 Å². The van der Waals surface area contributed by atoms with Crippen molar-refractivity contribution in [1.29, 1.82) is 0 Å². The summed E-state index contributed by atoms with van der Waals surface area (Å²) in [5.41, 5.74) is 10.8. The summed E-state index contributed by atoms with van der Waals surface area (Å²) in [6.45, 7) is 0. The molecule has 1 aliphatic heterocycles. The molecule has 8 aromatic rings. The highest BCUT2D eigenvalue weighted by Gasteiger charge is 2.30. The molecule has 1 atom stereocenters. The number of likely N-dealkylation sites (N-methyl/N-ethyl adjacent to an activating group) is 1. The van der Waals surface area contributed by atoms with Gasteiger partial charge in [0.25, 0.3) is 0 Å². The van der Waals surface area contributed by atoms with Gasteiger partial charge >= 0.3 is 0 Å². The van der Waals surface area contributed by atoms with E-state index in [1.165, 1.54) is 10.3 Å². The molecule has 7 heteroatoms. The van der Waals surface area contributed by atoms with E-state index in [0.29, 0.717) is 0 Å². The second-order valence-corrected chi connectivity index (χ2v) is 13.2. The summed E-state index contributed by atoms with van der Waals surface area (Å²) < 4.78 is 2.34. The Morgan fingerprint density at radius 3 is 1.46 bits per heavy atom. The van der Waals surface area contributed by atoms with E-state index < -0.39 is 0 Å². The molecule has 0 aliphatic carbocycles. The standard InChI is InChI=1S/C43H30N6S/c1-49-25-13-7-19-37(49)41-39(35-17-5-11-23-47-35)31(33-15-3-9-21-45-33)27-29-28-26-30(32-14-2-8-20-44-32)38(34-16-4-10-22-46-34)40(42(28)50-43(29)41)36-18-6-12-24-48-36/h2-27,37H,1H3. The van der Waals surface area contributed by atoms with Crippen molar-refractivity contribution in [3.8, 4) is 56.3 Å². The number of nitrogens with zero attached hydrogens (tertiary/aromatic N) is 6. The van der Waals surface area contributed by atoms with Gasteiger partial charge in [-0.15, -0.1) is 11.3 Å². The van der Waals surface area contributed by atoms with Crippen LogP contribution in [0.15, 0.2) is 159 Å². The normalized spacial score (nSPS) is 14.1. The van der Waals surface area contributed by atoms with Crippen molar-refractivity contribution in [1.82, 2.24) is 29.8 Å². The molecule has 1 aliphatic rings. The second kappa shape index (κ2) is 12.6. The van der Waals surface area contributed by atoms with Crippen molar-refractivity contribution in [2.24, 2.45) is 0 Å². The highest BCUT2D eigenvalue weighted by Crippen LogP contribution is 2.53. The third kappa shape index (κ3) is 5.07. The van der Waals surface area contributed by atoms with Crippen molar-refractivity contribution in [2.75, 3.05) is 7.05 Å². The van der Waals surface area contributed by atoms with Gasteiger partial charge in [0.15, 0.2) is 0 Å². The minimum absolute atomic E-state index is 0.0416. The smallest absolute Gasteiger partial charge is 0.0741 e. The summed E-state index contributed by atoms with van der Waals surface area (Å²) in [5, 5.41) is 2.29. The van der Waals surface area contributed by atoms with E-state index in [1.807, 2.05) is 90.9 Å². The fourth-order valence-electron chi connectivity index (χ4n) is 7.00. The number of hydrogen-bond donors (Lipinski definition) is 0. The van der Waals surface area contributed by atoms with Gasteiger partial charge in [-0.1, -0.05) is 42.5 Å². The monoisotopic (exact) mass is 662 g/mol. The molecule has 9 rings (SSSR count). The van der Waals surface area contributed by atoms with Crippen LogP contribution in [0.3, 0.4) is 0 Å². The fraction of sp³-hybridized carbons (Fsp3) is 0.0465. The maximum Gasteiger partial charge on any atom is 0.0741 e. The van der Waals surface area contributed by atoms with Crippen LogP contribution in [-0.2, 0) is 0 Å². The van der Waals surface area contributed by atoms with E-state index in [9.17, 15) is 0 Å². The summed E-state index contributed by atoms with van der Waals surface area (Å²) in [5.74, 6) is 0.